The Morgan fingerprint density at radius 3 is 1.64 bits per heavy atom. The minimum Gasteiger partial charge on any atom is -0.334 e. The van der Waals surface area contributed by atoms with Crippen LogP contribution in [-0.2, 0) is 12.1 Å². The summed E-state index contributed by atoms with van der Waals surface area (Å²) in [5, 5.41) is 0. The number of nitrogens with zero attached hydrogens (tertiary/aromatic N) is 5. The standard InChI is InChI=1S/C23H21N5/c1-23(20-11-3-7-15-25-20,21-12-4-8-16-26-21)28(22-13-5-9-17-27-22)18-19-10-2-6-14-24-19/h2-17H,18H2,1H3. The van der Waals surface area contributed by atoms with E-state index in [-0.39, 0.29) is 0 Å². The van der Waals surface area contributed by atoms with E-state index in [0.29, 0.717) is 6.54 Å². The summed E-state index contributed by atoms with van der Waals surface area (Å²) in [5.41, 5.74) is 2.12. The van der Waals surface area contributed by atoms with E-state index in [4.69, 9.17) is 0 Å². The van der Waals surface area contributed by atoms with Gasteiger partial charge in [0.1, 0.15) is 11.4 Å². The molecule has 0 aliphatic rings. The van der Waals surface area contributed by atoms with E-state index in [9.17, 15) is 0 Å². The Kier molecular flexibility index (Phi) is 5.06. The highest BCUT2D eigenvalue weighted by atomic mass is 15.3. The number of anilines is 1. The van der Waals surface area contributed by atoms with E-state index < -0.39 is 5.54 Å². The Morgan fingerprint density at radius 1 is 0.643 bits per heavy atom. The van der Waals surface area contributed by atoms with Crippen molar-refractivity contribution in [2.75, 3.05) is 4.90 Å². The van der Waals surface area contributed by atoms with Gasteiger partial charge in [-0.25, -0.2) is 4.98 Å². The predicted octanol–water partition coefficient (Wildman–Crippen LogP) is 4.24. The van der Waals surface area contributed by atoms with Crippen molar-refractivity contribution < 1.29 is 0 Å². The molecule has 0 saturated heterocycles. The quantitative estimate of drug-likeness (QED) is 0.510. The zero-order valence-corrected chi connectivity index (χ0v) is 15.7. The van der Waals surface area contributed by atoms with Gasteiger partial charge in [-0.15, -0.1) is 0 Å². The molecule has 28 heavy (non-hydrogen) atoms. The Bertz CT molecular complexity index is 953. The largest absolute Gasteiger partial charge is 0.334 e. The third kappa shape index (κ3) is 3.47. The zero-order valence-electron chi connectivity index (χ0n) is 15.7. The van der Waals surface area contributed by atoms with Crippen molar-refractivity contribution in [1.82, 2.24) is 19.9 Å². The molecule has 0 aliphatic carbocycles. The summed E-state index contributed by atoms with van der Waals surface area (Å²) in [6, 6.07) is 23.8. The van der Waals surface area contributed by atoms with E-state index in [1.165, 1.54) is 0 Å². The van der Waals surface area contributed by atoms with Gasteiger partial charge in [-0.05, 0) is 55.5 Å². The lowest BCUT2D eigenvalue weighted by Crippen LogP contribution is -2.46. The SMILES string of the molecule is CC(c1ccccn1)(c1ccccn1)N(Cc1ccccn1)c1ccccn1. The van der Waals surface area contributed by atoms with Crippen molar-refractivity contribution in [2.24, 2.45) is 0 Å². The molecule has 0 bridgehead atoms. The summed E-state index contributed by atoms with van der Waals surface area (Å²) in [6.45, 7) is 2.71. The van der Waals surface area contributed by atoms with E-state index in [2.05, 4.69) is 31.8 Å². The van der Waals surface area contributed by atoms with E-state index in [1.807, 2.05) is 91.4 Å². The van der Waals surface area contributed by atoms with Crippen LogP contribution in [0, 0.1) is 0 Å². The highest BCUT2D eigenvalue weighted by Gasteiger charge is 2.39. The first kappa shape index (κ1) is 17.8. The molecule has 0 N–H and O–H groups in total. The van der Waals surface area contributed by atoms with Gasteiger partial charge in [-0.3, -0.25) is 15.0 Å². The number of aromatic nitrogens is 4. The fourth-order valence-corrected chi connectivity index (χ4v) is 3.34. The molecule has 0 aromatic carbocycles. The summed E-state index contributed by atoms with van der Waals surface area (Å²) in [4.78, 5) is 20.7. The lowest BCUT2D eigenvalue weighted by Gasteiger charge is -2.41. The van der Waals surface area contributed by atoms with Crippen LogP contribution in [0.15, 0.2) is 97.6 Å². The van der Waals surface area contributed by atoms with Crippen LogP contribution in [0.3, 0.4) is 0 Å². The van der Waals surface area contributed by atoms with E-state index in [0.717, 1.165) is 22.9 Å². The zero-order chi connectivity index (χ0) is 19.2. The molecule has 0 fully saturated rings. The Morgan fingerprint density at radius 2 is 1.18 bits per heavy atom. The highest BCUT2D eigenvalue weighted by Crippen LogP contribution is 2.37. The average molecular weight is 367 g/mol. The van der Waals surface area contributed by atoms with Crippen molar-refractivity contribution in [2.45, 2.75) is 19.0 Å². The second kappa shape index (κ2) is 7.96. The molecule has 4 aromatic rings. The monoisotopic (exact) mass is 367 g/mol. The number of pyridine rings is 4. The number of hydrogen-bond donors (Lipinski definition) is 0. The van der Waals surface area contributed by atoms with Crippen LogP contribution >= 0.6 is 0 Å². The van der Waals surface area contributed by atoms with Gasteiger partial charge in [0.25, 0.3) is 0 Å². The topological polar surface area (TPSA) is 54.8 Å². The molecule has 4 rings (SSSR count). The third-order valence-corrected chi connectivity index (χ3v) is 4.84. The molecule has 0 amide bonds. The predicted molar refractivity (Wildman–Crippen MR) is 110 cm³/mol. The average Bonchev–Trinajstić information content (AvgIpc) is 2.79. The fourth-order valence-electron chi connectivity index (χ4n) is 3.34. The molecule has 4 heterocycles. The van der Waals surface area contributed by atoms with Gasteiger partial charge in [-0.2, -0.15) is 0 Å². The highest BCUT2D eigenvalue weighted by molar-refractivity contribution is 5.49. The van der Waals surface area contributed by atoms with Gasteiger partial charge in [0.05, 0.1) is 23.6 Å². The second-order valence-corrected chi connectivity index (χ2v) is 6.60. The molecule has 5 nitrogen and oxygen atoms in total. The molecule has 0 unspecified atom stereocenters. The van der Waals surface area contributed by atoms with Crippen molar-refractivity contribution in [1.29, 1.82) is 0 Å². The van der Waals surface area contributed by atoms with Crippen LogP contribution in [0.1, 0.15) is 24.0 Å². The fraction of sp³-hybridized carbons (Fsp3) is 0.130. The maximum absolute atomic E-state index is 4.69. The van der Waals surface area contributed by atoms with Crippen molar-refractivity contribution in [3.63, 3.8) is 0 Å². The lowest BCUT2D eigenvalue weighted by molar-refractivity contribution is 0.481. The van der Waals surface area contributed by atoms with Crippen molar-refractivity contribution >= 4 is 5.82 Å². The van der Waals surface area contributed by atoms with Crippen LogP contribution < -0.4 is 4.90 Å². The maximum Gasteiger partial charge on any atom is 0.129 e. The van der Waals surface area contributed by atoms with Gasteiger partial charge in [0.15, 0.2) is 0 Å². The van der Waals surface area contributed by atoms with E-state index in [1.54, 1.807) is 6.20 Å². The third-order valence-electron chi connectivity index (χ3n) is 4.84. The Labute approximate surface area is 164 Å². The second-order valence-electron chi connectivity index (χ2n) is 6.60. The first-order chi connectivity index (χ1) is 13.8. The van der Waals surface area contributed by atoms with Crippen LogP contribution in [0.2, 0.25) is 0 Å². The van der Waals surface area contributed by atoms with Crippen LogP contribution in [0.5, 0.6) is 0 Å². The molecular formula is C23H21N5. The van der Waals surface area contributed by atoms with Gasteiger partial charge >= 0.3 is 0 Å². The Balaban J connectivity index is 1.91. The molecule has 0 aliphatic heterocycles. The molecule has 5 heteroatoms. The van der Waals surface area contributed by atoms with Crippen molar-refractivity contribution in [3.05, 3.63) is 115 Å². The van der Waals surface area contributed by atoms with Crippen molar-refractivity contribution in [3.8, 4) is 0 Å². The van der Waals surface area contributed by atoms with E-state index >= 15 is 0 Å². The maximum atomic E-state index is 4.69. The first-order valence-electron chi connectivity index (χ1n) is 9.20. The van der Waals surface area contributed by atoms with Gasteiger partial charge in [0.2, 0.25) is 0 Å². The van der Waals surface area contributed by atoms with Crippen LogP contribution in [0.4, 0.5) is 5.82 Å². The summed E-state index contributed by atoms with van der Waals surface area (Å²) in [7, 11) is 0. The molecule has 0 spiro atoms. The number of rotatable bonds is 6. The smallest absolute Gasteiger partial charge is 0.129 e. The minimum absolute atomic E-state index is 0.571. The summed E-state index contributed by atoms with van der Waals surface area (Å²) >= 11 is 0. The summed E-state index contributed by atoms with van der Waals surface area (Å²) in [6.07, 6.45) is 7.24. The Hall–Kier alpha value is -3.60. The van der Waals surface area contributed by atoms with Crippen LogP contribution in [-0.4, -0.2) is 19.9 Å². The van der Waals surface area contributed by atoms with Gasteiger partial charge in [0, 0.05) is 24.8 Å². The van der Waals surface area contributed by atoms with Crippen LogP contribution in [0.25, 0.3) is 0 Å². The molecule has 0 saturated carbocycles. The van der Waals surface area contributed by atoms with Gasteiger partial charge < -0.3 is 4.90 Å². The molecule has 0 radical (unpaired) electrons. The first-order valence-corrected chi connectivity index (χ1v) is 9.20. The van der Waals surface area contributed by atoms with Gasteiger partial charge in [-0.1, -0.05) is 24.3 Å². The molecular weight excluding hydrogens is 346 g/mol. The number of hydrogen-bond acceptors (Lipinski definition) is 5. The lowest BCUT2D eigenvalue weighted by atomic mass is 9.89. The summed E-state index contributed by atoms with van der Waals surface area (Å²) in [5.74, 6) is 0.840. The summed E-state index contributed by atoms with van der Waals surface area (Å²) < 4.78 is 0. The molecule has 138 valence electrons. The minimum atomic E-state index is -0.631. The molecule has 0 atom stereocenters. The normalized spacial score (nSPS) is 11.2. The molecule has 4 aromatic heterocycles.